The number of hydrogen-bond acceptors (Lipinski definition) is 3. The molecule has 1 aromatic rings. The number of aliphatic carboxylic acids is 1. The van der Waals surface area contributed by atoms with E-state index in [-0.39, 0.29) is 17.9 Å². The average Bonchev–Trinajstić information content (AvgIpc) is 2.92. The van der Waals surface area contributed by atoms with E-state index >= 15 is 0 Å². The molecule has 6 nitrogen and oxygen atoms in total. The van der Waals surface area contributed by atoms with Crippen LogP contribution in [-0.4, -0.2) is 44.3 Å². The number of aryl methyl sites for hydroxylation is 1. The normalized spacial score (nSPS) is 22.6. The fourth-order valence-electron chi connectivity index (χ4n) is 2.68. The van der Waals surface area contributed by atoms with E-state index in [9.17, 15) is 9.59 Å². The van der Waals surface area contributed by atoms with Crippen molar-refractivity contribution in [2.75, 3.05) is 6.54 Å². The molecule has 110 valence electrons. The van der Waals surface area contributed by atoms with Crippen molar-refractivity contribution in [1.82, 2.24) is 14.7 Å². The van der Waals surface area contributed by atoms with E-state index in [0.29, 0.717) is 18.7 Å². The largest absolute Gasteiger partial charge is 0.481 e. The van der Waals surface area contributed by atoms with Crippen LogP contribution in [0, 0.1) is 5.92 Å². The minimum Gasteiger partial charge on any atom is -0.481 e. The molecule has 1 aliphatic rings. The molecule has 0 aliphatic carbocycles. The monoisotopic (exact) mass is 279 g/mol. The standard InChI is InChI=1S/C14H21N3O3/c1-8(2)11-7-12(16(4)15-11)13(18)17-6-5-10(9(17)3)14(19)20/h7-10H,5-6H2,1-4H3,(H,19,20). The van der Waals surface area contributed by atoms with Crippen LogP contribution < -0.4 is 0 Å². The Morgan fingerprint density at radius 2 is 2.10 bits per heavy atom. The lowest BCUT2D eigenvalue weighted by atomic mass is 10.0. The van der Waals surface area contributed by atoms with Crippen LogP contribution in [0.15, 0.2) is 6.07 Å². The summed E-state index contributed by atoms with van der Waals surface area (Å²) in [6.45, 7) is 6.33. The average molecular weight is 279 g/mol. The van der Waals surface area contributed by atoms with Crippen LogP contribution in [0.3, 0.4) is 0 Å². The molecular formula is C14H21N3O3. The first-order chi connectivity index (χ1) is 9.32. The summed E-state index contributed by atoms with van der Waals surface area (Å²) < 4.78 is 1.58. The third-order valence-electron chi connectivity index (χ3n) is 4.04. The predicted molar refractivity (Wildman–Crippen MR) is 73.5 cm³/mol. The summed E-state index contributed by atoms with van der Waals surface area (Å²) in [5, 5.41) is 13.5. The van der Waals surface area contributed by atoms with E-state index in [4.69, 9.17) is 5.11 Å². The summed E-state index contributed by atoms with van der Waals surface area (Å²) in [5.41, 5.74) is 1.39. The first-order valence-corrected chi connectivity index (χ1v) is 6.90. The summed E-state index contributed by atoms with van der Waals surface area (Å²) >= 11 is 0. The Bertz CT molecular complexity index is 536. The SMILES string of the molecule is CC(C)c1cc(C(=O)N2CCC(C(=O)O)C2C)n(C)n1. The van der Waals surface area contributed by atoms with Gasteiger partial charge in [0.05, 0.1) is 11.6 Å². The molecule has 0 aromatic carbocycles. The van der Waals surface area contributed by atoms with Gasteiger partial charge in [0.25, 0.3) is 5.91 Å². The van der Waals surface area contributed by atoms with Gasteiger partial charge in [0, 0.05) is 19.6 Å². The molecule has 1 fully saturated rings. The number of hydrogen-bond donors (Lipinski definition) is 1. The third kappa shape index (κ3) is 2.42. The van der Waals surface area contributed by atoms with Gasteiger partial charge in [-0.1, -0.05) is 13.8 Å². The smallest absolute Gasteiger partial charge is 0.308 e. The molecule has 0 saturated carbocycles. The summed E-state index contributed by atoms with van der Waals surface area (Å²) in [6, 6.07) is 1.52. The number of rotatable bonds is 3. The van der Waals surface area contributed by atoms with E-state index in [1.54, 1.807) is 29.6 Å². The number of likely N-dealkylation sites (tertiary alicyclic amines) is 1. The van der Waals surface area contributed by atoms with Crippen LogP contribution in [-0.2, 0) is 11.8 Å². The highest BCUT2D eigenvalue weighted by Crippen LogP contribution is 2.26. The Balaban J connectivity index is 2.22. The Kier molecular flexibility index (Phi) is 3.83. The number of carboxylic acids is 1. The number of nitrogens with zero attached hydrogens (tertiary/aromatic N) is 3. The van der Waals surface area contributed by atoms with Gasteiger partial charge in [-0.15, -0.1) is 0 Å². The third-order valence-corrected chi connectivity index (χ3v) is 4.04. The lowest BCUT2D eigenvalue weighted by molar-refractivity contribution is -0.142. The van der Waals surface area contributed by atoms with Gasteiger partial charge in [-0.05, 0) is 25.3 Å². The highest BCUT2D eigenvalue weighted by Gasteiger charge is 2.39. The van der Waals surface area contributed by atoms with E-state index in [0.717, 1.165) is 5.69 Å². The zero-order chi connectivity index (χ0) is 15.0. The molecule has 2 unspecified atom stereocenters. The van der Waals surface area contributed by atoms with Crippen LogP contribution in [0.2, 0.25) is 0 Å². The lowest BCUT2D eigenvalue weighted by Crippen LogP contribution is -2.38. The maximum atomic E-state index is 12.6. The molecule has 1 saturated heterocycles. The van der Waals surface area contributed by atoms with Gasteiger partial charge in [0.2, 0.25) is 0 Å². The molecule has 2 atom stereocenters. The van der Waals surface area contributed by atoms with E-state index in [2.05, 4.69) is 5.10 Å². The number of amides is 1. The van der Waals surface area contributed by atoms with Gasteiger partial charge in [0.15, 0.2) is 0 Å². The quantitative estimate of drug-likeness (QED) is 0.909. The van der Waals surface area contributed by atoms with Gasteiger partial charge in [-0.25, -0.2) is 0 Å². The Labute approximate surface area is 118 Å². The van der Waals surface area contributed by atoms with Crippen LogP contribution >= 0.6 is 0 Å². The van der Waals surface area contributed by atoms with Gasteiger partial charge in [0.1, 0.15) is 5.69 Å². The highest BCUT2D eigenvalue weighted by molar-refractivity contribution is 5.93. The van der Waals surface area contributed by atoms with Crippen molar-refractivity contribution in [2.24, 2.45) is 13.0 Å². The van der Waals surface area contributed by atoms with E-state index < -0.39 is 11.9 Å². The molecule has 1 aromatic heterocycles. The molecule has 6 heteroatoms. The maximum absolute atomic E-state index is 12.6. The molecule has 20 heavy (non-hydrogen) atoms. The molecular weight excluding hydrogens is 258 g/mol. The molecule has 1 amide bonds. The second-order valence-electron chi connectivity index (χ2n) is 5.71. The van der Waals surface area contributed by atoms with Crippen LogP contribution in [0.25, 0.3) is 0 Å². The Morgan fingerprint density at radius 3 is 2.55 bits per heavy atom. The van der Waals surface area contributed by atoms with Crippen molar-refractivity contribution < 1.29 is 14.7 Å². The fourth-order valence-corrected chi connectivity index (χ4v) is 2.68. The zero-order valence-electron chi connectivity index (χ0n) is 12.3. The van der Waals surface area contributed by atoms with Crippen molar-refractivity contribution in [2.45, 2.75) is 39.2 Å². The summed E-state index contributed by atoms with van der Waals surface area (Å²) in [5.74, 6) is -1.19. The maximum Gasteiger partial charge on any atom is 0.308 e. The fraction of sp³-hybridized carbons (Fsp3) is 0.643. The highest BCUT2D eigenvalue weighted by atomic mass is 16.4. The second kappa shape index (κ2) is 5.26. The Morgan fingerprint density at radius 1 is 1.45 bits per heavy atom. The number of carbonyl (C=O) groups excluding carboxylic acids is 1. The molecule has 0 bridgehead atoms. The Hall–Kier alpha value is -1.85. The second-order valence-corrected chi connectivity index (χ2v) is 5.71. The van der Waals surface area contributed by atoms with Gasteiger partial charge < -0.3 is 10.0 Å². The molecule has 2 heterocycles. The van der Waals surface area contributed by atoms with Crippen molar-refractivity contribution in [3.63, 3.8) is 0 Å². The van der Waals surface area contributed by atoms with Crippen molar-refractivity contribution >= 4 is 11.9 Å². The van der Waals surface area contributed by atoms with E-state index in [1.807, 2.05) is 13.8 Å². The molecule has 2 rings (SSSR count). The topological polar surface area (TPSA) is 75.4 Å². The summed E-state index contributed by atoms with van der Waals surface area (Å²) in [6.07, 6.45) is 0.511. The van der Waals surface area contributed by atoms with Crippen LogP contribution in [0.1, 0.15) is 49.3 Å². The first-order valence-electron chi connectivity index (χ1n) is 6.90. The van der Waals surface area contributed by atoms with Gasteiger partial charge in [-0.2, -0.15) is 5.10 Å². The molecule has 1 aliphatic heterocycles. The van der Waals surface area contributed by atoms with Crippen molar-refractivity contribution in [1.29, 1.82) is 0 Å². The minimum absolute atomic E-state index is 0.136. The van der Waals surface area contributed by atoms with Crippen LogP contribution in [0.4, 0.5) is 0 Å². The van der Waals surface area contributed by atoms with Gasteiger partial charge in [-0.3, -0.25) is 14.3 Å². The number of carbonyl (C=O) groups is 2. The lowest BCUT2D eigenvalue weighted by Gasteiger charge is -2.23. The van der Waals surface area contributed by atoms with Crippen LogP contribution in [0.5, 0.6) is 0 Å². The molecule has 0 spiro atoms. The molecule has 0 radical (unpaired) electrons. The zero-order valence-corrected chi connectivity index (χ0v) is 12.3. The number of aromatic nitrogens is 2. The summed E-state index contributed by atoms with van der Waals surface area (Å²) in [7, 11) is 1.74. The van der Waals surface area contributed by atoms with Crippen molar-refractivity contribution in [3.05, 3.63) is 17.5 Å². The van der Waals surface area contributed by atoms with Crippen molar-refractivity contribution in [3.8, 4) is 0 Å². The predicted octanol–water partition coefficient (Wildman–Crippen LogP) is 1.48. The van der Waals surface area contributed by atoms with E-state index in [1.165, 1.54) is 0 Å². The van der Waals surface area contributed by atoms with Gasteiger partial charge >= 0.3 is 5.97 Å². The molecule has 1 N–H and O–H groups in total. The first kappa shape index (κ1) is 14.6. The number of carboxylic acid groups (broad SMARTS) is 1. The minimum atomic E-state index is -0.833. The summed E-state index contributed by atoms with van der Waals surface area (Å²) in [4.78, 5) is 25.3.